The predicted molar refractivity (Wildman–Crippen MR) is 84.8 cm³/mol. The lowest BCUT2D eigenvalue weighted by molar-refractivity contribution is -0.121. The van der Waals surface area contributed by atoms with Crippen LogP contribution in [0.2, 0.25) is 0 Å². The van der Waals surface area contributed by atoms with Crippen LogP contribution in [0.1, 0.15) is 12.1 Å². The summed E-state index contributed by atoms with van der Waals surface area (Å²) in [4.78, 5) is 15.7. The SMILES string of the molecule is COCCNCCNC(=O)CCc1ccccn1.Cl.Cl. The van der Waals surface area contributed by atoms with Gasteiger partial charge in [0.1, 0.15) is 0 Å². The highest BCUT2D eigenvalue weighted by molar-refractivity contribution is 5.85. The Morgan fingerprint density at radius 3 is 2.70 bits per heavy atom. The van der Waals surface area contributed by atoms with E-state index in [2.05, 4.69) is 15.6 Å². The highest BCUT2D eigenvalue weighted by atomic mass is 35.5. The number of pyridine rings is 1. The molecule has 0 aliphatic carbocycles. The van der Waals surface area contributed by atoms with Crippen molar-refractivity contribution in [2.75, 3.05) is 33.4 Å². The Morgan fingerprint density at radius 2 is 2.05 bits per heavy atom. The van der Waals surface area contributed by atoms with Crippen LogP contribution in [-0.4, -0.2) is 44.2 Å². The van der Waals surface area contributed by atoms with Crippen molar-refractivity contribution in [3.63, 3.8) is 0 Å². The molecule has 0 aliphatic rings. The second-order valence-electron chi connectivity index (χ2n) is 3.91. The summed E-state index contributed by atoms with van der Waals surface area (Å²) in [6, 6.07) is 5.73. The maximum Gasteiger partial charge on any atom is 0.220 e. The van der Waals surface area contributed by atoms with E-state index in [0.717, 1.165) is 18.8 Å². The predicted octanol–water partition coefficient (Wildman–Crippen LogP) is 1.21. The Morgan fingerprint density at radius 1 is 1.25 bits per heavy atom. The van der Waals surface area contributed by atoms with Gasteiger partial charge in [-0.25, -0.2) is 0 Å². The lowest BCUT2D eigenvalue weighted by Crippen LogP contribution is -2.33. The maximum atomic E-state index is 11.5. The summed E-state index contributed by atoms with van der Waals surface area (Å²) >= 11 is 0. The van der Waals surface area contributed by atoms with Crippen LogP contribution in [0.4, 0.5) is 0 Å². The van der Waals surface area contributed by atoms with Gasteiger partial charge in [0.05, 0.1) is 6.61 Å². The van der Waals surface area contributed by atoms with Gasteiger partial charge in [0, 0.05) is 45.1 Å². The van der Waals surface area contributed by atoms with E-state index in [1.54, 1.807) is 13.3 Å². The van der Waals surface area contributed by atoms with Crippen LogP contribution in [0.25, 0.3) is 0 Å². The average molecular weight is 324 g/mol. The van der Waals surface area contributed by atoms with Crippen LogP contribution >= 0.6 is 24.8 Å². The summed E-state index contributed by atoms with van der Waals surface area (Å²) in [6.45, 7) is 2.90. The fourth-order valence-electron chi connectivity index (χ4n) is 1.47. The van der Waals surface area contributed by atoms with Gasteiger partial charge in [0.25, 0.3) is 0 Å². The highest BCUT2D eigenvalue weighted by Gasteiger charge is 2.01. The first-order valence-corrected chi connectivity index (χ1v) is 6.19. The number of methoxy groups -OCH3 is 1. The Hall–Kier alpha value is -0.880. The Bertz CT molecular complexity index is 340. The van der Waals surface area contributed by atoms with Crippen molar-refractivity contribution in [1.29, 1.82) is 0 Å². The molecule has 0 aliphatic heterocycles. The molecule has 0 atom stereocenters. The van der Waals surface area contributed by atoms with Crippen molar-refractivity contribution >= 4 is 30.7 Å². The van der Waals surface area contributed by atoms with Crippen molar-refractivity contribution in [1.82, 2.24) is 15.6 Å². The van der Waals surface area contributed by atoms with E-state index in [-0.39, 0.29) is 30.7 Å². The highest BCUT2D eigenvalue weighted by Crippen LogP contribution is 1.97. The second kappa shape index (κ2) is 14.5. The molecule has 0 fully saturated rings. The minimum atomic E-state index is 0. The molecule has 0 saturated heterocycles. The zero-order valence-electron chi connectivity index (χ0n) is 11.6. The Kier molecular flexibility index (Phi) is 15.6. The monoisotopic (exact) mass is 323 g/mol. The standard InChI is InChI=1S/C13H21N3O2.2ClH/c1-18-11-10-14-8-9-16-13(17)6-5-12-4-2-3-7-15-12;;/h2-4,7,14H,5-6,8-11H2,1H3,(H,16,17);2*1H. The molecule has 0 saturated carbocycles. The summed E-state index contributed by atoms with van der Waals surface area (Å²) in [5.74, 6) is 0.0641. The molecule has 1 aromatic rings. The van der Waals surface area contributed by atoms with E-state index < -0.39 is 0 Å². The minimum Gasteiger partial charge on any atom is -0.383 e. The number of hydrogen-bond donors (Lipinski definition) is 2. The van der Waals surface area contributed by atoms with Crippen molar-refractivity contribution < 1.29 is 9.53 Å². The molecule has 1 rings (SSSR count). The van der Waals surface area contributed by atoms with E-state index in [0.29, 0.717) is 26.0 Å². The van der Waals surface area contributed by atoms with E-state index in [1.165, 1.54) is 0 Å². The maximum absolute atomic E-state index is 11.5. The number of nitrogens with zero attached hydrogens (tertiary/aromatic N) is 1. The van der Waals surface area contributed by atoms with E-state index >= 15 is 0 Å². The molecule has 7 heteroatoms. The number of carbonyl (C=O) groups is 1. The normalized spacial score (nSPS) is 9.25. The quantitative estimate of drug-likeness (QED) is 0.670. The number of carbonyl (C=O) groups excluding carboxylic acids is 1. The van der Waals surface area contributed by atoms with Crippen LogP contribution in [0.3, 0.4) is 0 Å². The third-order valence-corrected chi connectivity index (χ3v) is 2.44. The van der Waals surface area contributed by atoms with Gasteiger partial charge >= 0.3 is 0 Å². The van der Waals surface area contributed by atoms with Gasteiger partial charge in [-0.3, -0.25) is 9.78 Å². The number of amides is 1. The molecule has 5 nitrogen and oxygen atoms in total. The molecule has 0 unspecified atom stereocenters. The molecule has 20 heavy (non-hydrogen) atoms. The number of aryl methyl sites for hydroxylation is 1. The largest absolute Gasteiger partial charge is 0.383 e. The topological polar surface area (TPSA) is 63.2 Å². The van der Waals surface area contributed by atoms with Crippen LogP contribution in [0, 0.1) is 0 Å². The molecule has 1 amide bonds. The van der Waals surface area contributed by atoms with Crippen molar-refractivity contribution in [3.8, 4) is 0 Å². The summed E-state index contributed by atoms with van der Waals surface area (Å²) in [6.07, 6.45) is 2.91. The van der Waals surface area contributed by atoms with Gasteiger partial charge in [-0.05, 0) is 18.6 Å². The van der Waals surface area contributed by atoms with Crippen LogP contribution in [0.5, 0.6) is 0 Å². The first kappa shape index (κ1) is 21.4. The molecule has 2 N–H and O–H groups in total. The first-order chi connectivity index (χ1) is 8.83. The molecular formula is C13H23Cl2N3O2. The van der Waals surface area contributed by atoms with E-state index in [1.807, 2.05) is 18.2 Å². The Labute approximate surface area is 132 Å². The molecule has 0 bridgehead atoms. The number of rotatable bonds is 9. The summed E-state index contributed by atoms with van der Waals surface area (Å²) in [5, 5.41) is 6.02. The first-order valence-electron chi connectivity index (χ1n) is 6.19. The zero-order chi connectivity index (χ0) is 13.1. The van der Waals surface area contributed by atoms with Crippen molar-refractivity contribution in [2.45, 2.75) is 12.8 Å². The van der Waals surface area contributed by atoms with Gasteiger partial charge < -0.3 is 15.4 Å². The van der Waals surface area contributed by atoms with Crippen molar-refractivity contribution in [2.24, 2.45) is 0 Å². The summed E-state index contributed by atoms with van der Waals surface area (Å²) in [5.41, 5.74) is 0.950. The number of ether oxygens (including phenoxy) is 1. The van der Waals surface area contributed by atoms with Gasteiger partial charge in [0.15, 0.2) is 0 Å². The second-order valence-corrected chi connectivity index (χ2v) is 3.91. The van der Waals surface area contributed by atoms with Gasteiger partial charge in [-0.15, -0.1) is 24.8 Å². The lowest BCUT2D eigenvalue weighted by Gasteiger charge is -2.06. The summed E-state index contributed by atoms with van der Waals surface area (Å²) in [7, 11) is 1.67. The molecule has 0 radical (unpaired) electrons. The number of hydrogen-bond acceptors (Lipinski definition) is 4. The number of halogens is 2. The fraction of sp³-hybridized carbons (Fsp3) is 0.538. The summed E-state index contributed by atoms with van der Waals surface area (Å²) < 4.78 is 4.90. The average Bonchev–Trinajstić information content (AvgIpc) is 2.41. The van der Waals surface area contributed by atoms with Gasteiger partial charge in [-0.1, -0.05) is 6.07 Å². The van der Waals surface area contributed by atoms with Crippen LogP contribution in [0.15, 0.2) is 24.4 Å². The molecule has 116 valence electrons. The molecule has 0 spiro atoms. The third-order valence-electron chi connectivity index (χ3n) is 2.44. The number of aromatic nitrogens is 1. The van der Waals surface area contributed by atoms with Crippen LogP contribution in [-0.2, 0) is 16.0 Å². The van der Waals surface area contributed by atoms with Gasteiger partial charge in [0.2, 0.25) is 5.91 Å². The molecular weight excluding hydrogens is 301 g/mol. The minimum absolute atomic E-state index is 0. The lowest BCUT2D eigenvalue weighted by atomic mass is 10.2. The Balaban J connectivity index is 0. The molecule has 1 heterocycles. The zero-order valence-corrected chi connectivity index (χ0v) is 13.3. The van der Waals surface area contributed by atoms with Crippen LogP contribution < -0.4 is 10.6 Å². The van der Waals surface area contributed by atoms with E-state index in [4.69, 9.17) is 4.74 Å². The van der Waals surface area contributed by atoms with Gasteiger partial charge in [-0.2, -0.15) is 0 Å². The third kappa shape index (κ3) is 11.0. The molecule has 0 aromatic carbocycles. The number of nitrogens with one attached hydrogen (secondary N) is 2. The smallest absolute Gasteiger partial charge is 0.220 e. The molecule has 1 aromatic heterocycles. The van der Waals surface area contributed by atoms with E-state index in [9.17, 15) is 4.79 Å². The van der Waals surface area contributed by atoms with Crippen molar-refractivity contribution in [3.05, 3.63) is 30.1 Å². The fourth-order valence-corrected chi connectivity index (χ4v) is 1.47.